The van der Waals surface area contributed by atoms with Crippen molar-refractivity contribution in [1.29, 1.82) is 0 Å². The Morgan fingerprint density at radius 3 is 2.75 bits per heavy atom. The quantitative estimate of drug-likeness (QED) is 0.640. The van der Waals surface area contributed by atoms with Crippen molar-refractivity contribution in [1.82, 2.24) is 0 Å². The molecule has 0 amide bonds. The molecule has 0 aromatic heterocycles. The third-order valence-electron chi connectivity index (χ3n) is 1.79. The summed E-state index contributed by atoms with van der Waals surface area (Å²) >= 11 is 3.30. The Balaban J connectivity index is 2.88. The lowest BCUT2D eigenvalue weighted by Crippen LogP contribution is -1.77. The van der Waals surface area contributed by atoms with Gasteiger partial charge >= 0.3 is 0 Å². The van der Waals surface area contributed by atoms with Crippen LogP contribution in [0.25, 0.3) is 10.8 Å². The van der Waals surface area contributed by atoms with Gasteiger partial charge in [-0.25, -0.2) is 4.39 Å². The molecule has 0 N–H and O–H groups in total. The third kappa shape index (κ3) is 1.23. The monoisotopic (exact) mass is 224 g/mol. The summed E-state index contributed by atoms with van der Waals surface area (Å²) in [6.07, 6.45) is 0. The smallest absolute Gasteiger partial charge is 0.131 e. The van der Waals surface area contributed by atoms with Gasteiger partial charge in [-0.15, -0.1) is 0 Å². The molecule has 0 saturated carbocycles. The van der Waals surface area contributed by atoms with Crippen molar-refractivity contribution in [2.24, 2.45) is 0 Å². The summed E-state index contributed by atoms with van der Waals surface area (Å²) in [5.74, 6) is -0.172. The molecule has 0 atom stereocenters. The normalized spacial score (nSPS) is 10.5. The first-order valence-corrected chi connectivity index (χ1v) is 4.40. The van der Waals surface area contributed by atoms with Crippen molar-refractivity contribution in [2.75, 3.05) is 0 Å². The highest BCUT2D eigenvalue weighted by Gasteiger charge is 1.98. The zero-order valence-corrected chi connectivity index (χ0v) is 7.81. The van der Waals surface area contributed by atoms with Gasteiger partial charge in [-0.1, -0.05) is 34.1 Å². The molecule has 0 fully saturated rings. The minimum atomic E-state index is -0.172. The fourth-order valence-electron chi connectivity index (χ4n) is 1.21. The summed E-state index contributed by atoms with van der Waals surface area (Å²) < 4.78 is 14.0. The zero-order chi connectivity index (χ0) is 8.55. The highest BCUT2D eigenvalue weighted by molar-refractivity contribution is 9.10. The van der Waals surface area contributed by atoms with Crippen molar-refractivity contribution in [3.05, 3.63) is 46.7 Å². The highest BCUT2D eigenvalue weighted by Crippen LogP contribution is 2.21. The van der Waals surface area contributed by atoms with Gasteiger partial charge in [0.2, 0.25) is 0 Å². The lowest BCUT2D eigenvalue weighted by molar-refractivity contribution is 0.640. The fraction of sp³-hybridized carbons (Fsp3) is 0. The number of halogens is 2. The van der Waals surface area contributed by atoms with Gasteiger partial charge < -0.3 is 0 Å². The standard InChI is InChI=1S/C10H6BrF/c11-8-5-4-7-2-1-3-10(12)9(7)6-8/h1-6H. The topological polar surface area (TPSA) is 0 Å². The molecule has 0 bridgehead atoms. The number of hydrogen-bond donors (Lipinski definition) is 0. The van der Waals surface area contributed by atoms with E-state index in [2.05, 4.69) is 15.9 Å². The molecule has 12 heavy (non-hydrogen) atoms. The largest absolute Gasteiger partial charge is 0.206 e. The van der Waals surface area contributed by atoms with Gasteiger partial charge in [-0.05, 0) is 23.6 Å². The van der Waals surface area contributed by atoms with E-state index in [0.717, 1.165) is 9.86 Å². The average molecular weight is 225 g/mol. The van der Waals surface area contributed by atoms with Crippen LogP contribution in [0.3, 0.4) is 0 Å². The number of fused-ring (bicyclic) bond motifs is 1. The number of benzene rings is 2. The highest BCUT2D eigenvalue weighted by atomic mass is 79.9. The second-order valence-electron chi connectivity index (χ2n) is 2.61. The molecule has 2 aromatic carbocycles. The fourth-order valence-corrected chi connectivity index (χ4v) is 1.57. The van der Waals surface area contributed by atoms with Crippen LogP contribution in [0, 0.1) is 5.82 Å². The van der Waals surface area contributed by atoms with Crippen LogP contribution in [0.4, 0.5) is 4.39 Å². The minimum Gasteiger partial charge on any atom is -0.206 e. The van der Waals surface area contributed by atoms with Crippen LogP contribution in [-0.2, 0) is 0 Å². The van der Waals surface area contributed by atoms with Crippen molar-refractivity contribution in [2.45, 2.75) is 0 Å². The van der Waals surface area contributed by atoms with E-state index in [4.69, 9.17) is 0 Å². The molecule has 0 saturated heterocycles. The Labute approximate surface area is 78.1 Å². The Bertz CT molecular complexity index is 423. The second kappa shape index (κ2) is 2.87. The number of rotatable bonds is 0. The van der Waals surface area contributed by atoms with Crippen molar-refractivity contribution >= 4 is 26.7 Å². The van der Waals surface area contributed by atoms with Gasteiger partial charge in [0.05, 0.1) is 0 Å². The van der Waals surface area contributed by atoms with E-state index in [-0.39, 0.29) is 5.82 Å². The van der Waals surface area contributed by atoms with E-state index in [1.807, 2.05) is 18.2 Å². The molecule has 0 aliphatic heterocycles. The first-order valence-electron chi connectivity index (χ1n) is 3.61. The molecule has 0 aliphatic rings. The van der Waals surface area contributed by atoms with Gasteiger partial charge in [0.1, 0.15) is 5.82 Å². The summed E-state index contributed by atoms with van der Waals surface area (Å²) in [5, 5.41) is 1.59. The van der Waals surface area contributed by atoms with Crippen molar-refractivity contribution < 1.29 is 4.39 Å². The summed E-state index contributed by atoms with van der Waals surface area (Å²) in [5.41, 5.74) is 0. The molecule has 0 nitrogen and oxygen atoms in total. The Kier molecular flexibility index (Phi) is 1.85. The van der Waals surface area contributed by atoms with Crippen LogP contribution in [0.1, 0.15) is 0 Å². The maximum Gasteiger partial charge on any atom is 0.131 e. The van der Waals surface area contributed by atoms with E-state index in [1.165, 1.54) is 6.07 Å². The van der Waals surface area contributed by atoms with Crippen LogP contribution >= 0.6 is 15.9 Å². The predicted molar refractivity (Wildman–Crippen MR) is 51.6 cm³/mol. The van der Waals surface area contributed by atoms with Crippen LogP contribution in [0.15, 0.2) is 40.9 Å². The summed E-state index contributed by atoms with van der Waals surface area (Å²) in [6, 6.07) is 10.7. The van der Waals surface area contributed by atoms with E-state index in [9.17, 15) is 4.39 Å². The first-order chi connectivity index (χ1) is 5.77. The molecule has 2 aromatic rings. The van der Waals surface area contributed by atoms with Gasteiger partial charge in [-0.3, -0.25) is 0 Å². The van der Waals surface area contributed by atoms with E-state index >= 15 is 0 Å². The second-order valence-corrected chi connectivity index (χ2v) is 3.52. The lowest BCUT2D eigenvalue weighted by Gasteiger charge is -1.98. The first kappa shape index (κ1) is 7.74. The minimum absolute atomic E-state index is 0.172. The van der Waals surface area contributed by atoms with Gasteiger partial charge in [-0.2, -0.15) is 0 Å². The molecule has 0 spiro atoms. The lowest BCUT2D eigenvalue weighted by atomic mass is 10.1. The van der Waals surface area contributed by atoms with Crippen molar-refractivity contribution in [3.8, 4) is 0 Å². The molecular formula is C10H6BrF. The Morgan fingerprint density at radius 2 is 1.92 bits per heavy atom. The average Bonchev–Trinajstić information content (AvgIpc) is 2.07. The molecule has 0 unspecified atom stereocenters. The van der Waals surface area contributed by atoms with Crippen LogP contribution < -0.4 is 0 Å². The Morgan fingerprint density at radius 1 is 1.08 bits per heavy atom. The van der Waals surface area contributed by atoms with E-state index in [0.29, 0.717) is 5.39 Å². The SMILES string of the molecule is Fc1cccc2ccc(Br)cc12. The summed E-state index contributed by atoms with van der Waals surface area (Å²) in [4.78, 5) is 0. The van der Waals surface area contributed by atoms with E-state index < -0.39 is 0 Å². The molecule has 2 heteroatoms. The van der Waals surface area contributed by atoms with Gasteiger partial charge in [0.15, 0.2) is 0 Å². The van der Waals surface area contributed by atoms with E-state index in [1.54, 1.807) is 12.1 Å². The molecular weight excluding hydrogens is 219 g/mol. The molecule has 0 radical (unpaired) electrons. The summed E-state index contributed by atoms with van der Waals surface area (Å²) in [7, 11) is 0. The maximum atomic E-state index is 13.1. The van der Waals surface area contributed by atoms with Crippen LogP contribution in [0.2, 0.25) is 0 Å². The van der Waals surface area contributed by atoms with Gasteiger partial charge in [0, 0.05) is 9.86 Å². The number of hydrogen-bond acceptors (Lipinski definition) is 0. The molecule has 60 valence electrons. The van der Waals surface area contributed by atoms with Crippen LogP contribution in [0.5, 0.6) is 0 Å². The van der Waals surface area contributed by atoms with Crippen LogP contribution in [-0.4, -0.2) is 0 Å². The van der Waals surface area contributed by atoms with Crippen molar-refractivity contribution in [3.63, 3.8) is 0 Å². The molecule has 2 rings (SSSR count). The van der Waals surface area contributed by atoms with Gasteiger partial charge in [0.25, 0.3) is 0 Å². The zero-order valence-electron chi connectivity index (χ0n) is 6.22. The molecule has 0 aliphatic carbocycles. The third-order valence-corrected chi connectivity index (χ3v) is 2.28. The predicted octanol–water partition coefficient (Wildman–Crippen LogP) is 3.74. The maximum absolute atomic E-state index is 13.1. The molecule has 0 heterocycles. The summed E-state index contributed by atoms with van der Waals surface area (Å²) in [6.45, 7) is 0. The Hall–Kier alpha value is -0.890.